The van der Waals surface area contributed by atoms with E-state index in [-0.39, 0.29) is 46.1 Å². The Hall–Kier alpha value is -3.03. The molecule has 0 heterocycles. The number of rotatable bonds is 6. The van der Waals surface area contributed by atoms with E-state index in [0.717, 1.165) is 12.8 Å². The third kappa shape index (κ3) is 5.30. The molecule has 0 saturated carbocycles. The first-order valence-corrected chi connectivity index (χ1v) is 14.4. The average Bonchev–Trinajstić information content (AvgIpc) is 3.56. The van der Waals surface area contributed by atoms with E-state index in [2.05, 4.69) is 139 Å². The van der Waals surface area contributed by atoms with Gasteiger partial charge in [0.05, 0.1) is 0 Å². The molecule has 0 nitrogen and oxygen atoms in total. The molecule has 0 radical (unpaired) electrons. The van der Waals surface area contributed by atoms with Crippen LogP contribution in [0, 0.1) is 42.5 Å². The van der Waals surface area contributed by atoms with Gasteiger partial charge in [0.1, 0.15) is 0 Å². The molecule has 0 unspecified atom stereocenters. The first-order chi connectivity index (χ1) is 18.9. The predicted molar refractivity (Wildman–Crippen MR) is 183 cm³/mol. The fourth-order valence-electron chi connectivity index (χ4n) is 7.17. The van der Waals surface area contributed by atoms with Gasteiger partial charge in [0.15, 0.2) is 0 Å². The minimum Gasteiger partial charge on any atom is -0.358 e. The molecule has 0 atom stereocenters. The summed E-state index contributed by atoms with van der Waals surface area (Å²) in [5.41, 5.74) is 13.6. The maximum Gasteiger partial charge on any atom is 4.00 e. The first-order valence-electron chi connectivity index (χ1n) is 14.4. The van der Waals surface area contributed by atoms with E-state index < -0.39 is 0 Å². The first kappa shape index (κ1) is 33.5. The molecule has 0 aliphatic heterocycles. The summed E-state index contributed by atoms with van der Waals surface area (Å²) in [4.78, 5) is 0. The van der Waals surface area contributed by atoms with Crippen LogP contribution in [0.1, 0.15) is 60.1 Å². The smallest absolute Gasteiger partial charge is 0.358 e. The second kappa shape index (κ2) is 13.1. The summed E-state index contributed by atoms with van der Waals surface area (Å²) >= 11 is 0. The SMILES string of the molecule is CCC(CC)(c1cc2c(-c3c(C)cccc3C)cccc2[cH-]1)c1cc2c(-c3c(C)cccc3C)cccc2[cH-]1.[CH3-].[CH3-].[Hf+4]. The van der Waals surface area contributed by atoms with Gasteiger partial charge in [0.25, 0.3) is 0 Å². The Morgan fingerprint density at radius 2 is 0.857 bits per heavy atom. The third-order valence-corrected chi connectivity index (χ3v) is 9.31. The van der Waals surface area contributed by atoms with Gasteiger partial charge in [-0.15, -0.1) is 69.1 Å². The molecule has 0 fully saturated rings. The second-order valence-corrected chi connectivity index (χ2v) is 11.4. The third-order valence-electron chi connectivity index (χ3n) is 9.31. The molecule has 6 aromatic rings. The summed E-state index contributed by atoms with van der Waals surface area (Å²) in [6.45, 7) is 13.6. The van der Waals surface area contributed by atoms with E-state index in [4.69, 9.17) is 0 Å². The molecule has 0 saturated heterocycles. The molecule has 6 rings (SSSR count). The molecule has 1 heteroatoms. The molecule has 0 aliphatic rings. The van der Waals surface area contributed by atoms with E-state index in [1.54, 1.807) is 0 Å². The molecule has 6 aromatic carbocycles. The van der Waals surface area contributed by atoms with Gasteiger partial charge >= 0.3 is 25.8 Å². The zero-order chi connectivity index (χ0) is 27.3. The zero-order valence-electron chi connectivity index (χ0n) is 26.7. The van der Waals surface area contributed by atoms with Crippen molar-refractivity contribution < 1.29 is 25.8 Å². The quantitative estimate of drug-likeness (QED) is 0.119. The van der Waals surface area contributed by atoms with Crippen LogP contribution in [-0.2, 0) is 31.3 Å². The molecular weight excluding hydrogens is 671 g/mol. The number of hydrogen-bond donors (Lipinski definition) is 0. The maximum absolute atomic E-state index is 2.49. The van der Waals surface area contributed by atoms with Crippen LogP contribution in [0.25, 0.3) is 43.8 Å². The van der Waals surface area contributed by atoms with E-state index in [1.165, 1.54) is 77.2 Å². The van der Waals surface area contributed by atoms with Crippen molar-refractivity contribution in [1.29, 1.82) is 0 Å². The molecule has 0 aromatic heterocycles. The number of aryl methyl sites for hydroxylation is 4. The summed E-state index contributed by atoms with van der Waals surface area (Å²) in [7, 11) is 0. The van der Waals surface area contributed by atoms with Gasteiger partial charge in [0.2, 0.25) is 0 Å². The van der Waals surface area contributed by atoms with E-state index >= 15 is 0 Å². The van der Waals surface area contributed by atoms with Crippen molar-refractivity contribution in [2.45, 2.75) is 59.8 Å². The molecule has 0 bridgehead atoms. The van der Waals surface area contributed by atoms with Crippen LogP contribution in [0.4, 0.5) is 0 Å². The molecule has 0 spiro atoms. The Kier molecular flexibility index (Phi) is 10.4. The Morgan fingerprint density at radius 3 is 1.19 bits per heavy atom. The van der Waals surface area contributed by atoms with Crippen molar-refractivity contribution in [2.24, 2.45) is 0 Å². The second-order valence-electron chi connectivity index (χ2n) is 11.4. The molecule has 0 aliphatic carbocycles. The van der Waals surface area contributed by atoms with Crippen LogP contribution in [0.2, 0.25) is 0 Å². The van der Waals surface area contributed by atoms with Crippen molar-refractivity contribution in [2.75, 3.05) is 0 Å². The van der Waals surface area contributed by atoms with Gasteiger partial charge in [-0.3, -0.25) is 0 Å². The van der Waals surface area contributed by atoms with Crippen LogP contribution in [0.3, 0.4) is 0 Å². The van der Waals surface area contributed by atoms with Crippen molar-refractivity contribution in [1.82, 2.24) is 0 Å². The summed E-state index contributed by atoms with van der Waals surface area (Å²) in [5.74, 6) is 0. The minimum atomic E-state index is -0.0336. The molecule has 212 valence electrons. The van der Waals surface area contributed by atoms with Gasteiger partial charge in [-0.2, -0.15) is 12.1 Å². The zero-order valence-corrected chi connectivity index (χ0v) is 30.2. The van der Waals surface area contributed by atoms with Gasteiger partial charge in [-0.05, 0) is 79.3 Å². The van der Waals surface area contributed by atoms with Crippen molar-refractivity contribution in [3.63, 3.8) is 0 Å². The van der Waals surface area contributed by atoms with E-state index in [0.29, 0.717) is 0 Å². The Morgan fingerprint density at radius 1 is 0.524 bits per heavy atom. The summed E-state index contributed by atoms with van der Waals surface area (Å²) in [5, 5.41) is 5.40. The van der Waals surface area contributed by atoms with Gasteiger partial charge in [-0.1, -0.05) is 73.5 Å². The average molecular weight is 715 g/mol. The monoisotopic (exact) mass is 716 g/mol. The Labute approximate surface area is 273 Å². The van der Waals surface area contributed by atoms with Crippen LogP contribution in [-0.4, -0.2) is 0 Å². The summed E-state index contributed by atoms with van der Waals surface area (Å²) in [6, 6.07) is 36.8. The van der Waals surface area contributed by atoms with Crippen LogP contribution in [0.15, 0.2) is 97.1 Å². The Balaban J connectivity index is 0.00000161. The van der Waals surface area contributed by atoms with Crippen molar-refractivity contribution in [3.8, 4) is 22.3 Å². The topological polar surface area (TPSA) is 0 Å². The normalized spacial score (nSPS) is 11.2. The largest absolute Gasteiger partial charge is 4.00 e. The van der Waals surface area contributed by atoms with Crippen molar-refractivity contribution in [3.05, 3.63) is 145 Å². The molecule has 0 N–H and O–H groups in total. The van der Waals surface area contributed by atoms with Crippen LogP contribution >= 0.6 is 0 Å². The van der Waals surface area contributed by atoms with E-state index in [9.17, 15) is 0 Å². The summed E-state index contributed by atoms with van der Waals surface area (Å²) < 4.78 is 0. The van der Waals surface area contributed by atoms with Gasteiger partial charge in [0, 0.05) is 0 Å². The van der Waals surface area contributed by atoms with E-state index in [1.807, 2.05) is 0 Å². The number of benzene rings is 4. The standard InChI is InChI=1S/C39H38.2CH3.Hf/c1-7-39(8-2,31-21-29-17-11-19-33(35(29)23-31)37-25(3)13-9-14-26(37)4)32-22-30-18-12-20-34(36(30)24-32)38-27(5)15-10-16-28(38)6;;;/h9-24H,7-8H2,1-6H3;2*1H3;/q-2;2*-1;+4. The molecule has 42 heavy (non-hydrogen) atoms. The predicted octanol–water partition coefficient (Wildman–Crippen LogP) is 12.0. The minimum absolute atomic E-state index is 0. The van der Waals surface area contributed by atoms with Crippen LogP contribution in [0.5, 0.6) is 0 Å². The summed E-state index contributed by atoms with van der Waals surface area (Å²) in [6.07, 6.45) is 2.13. The molecular formula is C41H44Hf. The number of fused-ring (bicyclic) bond motifs is 2. The fraction of sp³-hybridized carbons (Fsp3) is 0.220. The maximum atomic E-state index is 2.49. The fourth-order valence-corrected chi connectivity index (χ4v) is 7.17. The molecule has 0 amide bonds. The van der Waals surface area contributed by atoms with Crippen molar-refractivity contribution >= 4 is 21.5 Å². The van der Waals surface area contributed by atoms with Gasteiger partial charge in [-0.25, -0.2) is 0 Å². The Bertz CT molecular complexity index is 1650. The van der Waals surface area contributed by atoms with Crippen LogP contribution < -0.4 is 0 Å². The van der Waals surface area contributed by atoms with Gasteiger partial charge < -0.3 is 14.9 Å². The number of hydrogen-bond acceptors (Lipinski definition) is 0.